The lowest BCUT2D eigenvalue weighted by Gasteiger charge is -2.09. The summed E-state index contributed by atoms with van der Waals surface area (Å²) in [4.78, 5) is 35.3. The van der Waals surface area contributed by atoms with Gasteiger partial charge in [0.15, 0.2) is 0 Å². The monoisotopic (exact) mass is 366 g/mol. The van der Waals surface area contributed by atoms with Crippen molar-refractivity contribution in [3.63, 3.8) is 0 Å². The van der Waals surface area contributed by atoms with E-state index in [0.717, 1.165) is 0 Å². The van der Waals surface area contributed by atoms with Gasteiger partial charge in [0.05, 0.1) is 0 Å². The molecule has 0 aliphatic rings. The molecule has 0 radical (unpaired) electrons. The van der Waals surface area contributed by atoms with Crippen LogP contribution in [0.3, 0.4) is 0 Å². The zero-order valence-corrected chi connectivity index (χ0v) is 15.5. The lowest BCUT2D eigenvalue weighted by molar-refractivity contribution is -0.131. The van der Waals surface area contributed by atoms with Crippen LogP contribution in [-0.2, 0) is 9.59 Å². The minimum atomic E-state index is -0.456. The van der Waals surface area contributed by atoms with Crippen molar-refractivity contribution in [3.05, 3.63) is 66.2 Å². The van der Waals surface area contributed by atoms with E-state index in [1.54, 1.807) is 48.5 Å². The third-order valence-corrected chi connectivity index (χ3v) is 3.38. The summed E-state index contributed by atoms with van der Waals surface area (Å²) < 4.78 is 4.98. The summed E-state index contributed by atoms with van der Waals surface area (Å²) >= 11 is 0. The van der Waals surface area contributed by atoms with Crippen LogP contribution in [0.15, 0.2) is 60.7 Å². The summed E-state index contributed by atoms with van der Waals surface area (Å²) in [7, 11) is 0. The van der Waals surface area contributed by atoms with Gasteiger partial charge in [0.25, 0.3) is 5.91 Å². The topological polar surface area (TPSA) is 84.5 Å². The van der Waals surface area contributed by atoms with E-state index in [4.69, 9.17) is 4.74 Å². The molecular weight excluding hydrogens is 344 g/mol. The minimum absolute atomic E-state index is 0.235. The molecule has 6 nitrogen and oxygen atoms in total. The maximum Gasteiger partial charge on any atom is 0.308 e. The molecule has 0 saturated carbocycles. The SMILES string of the molecule is CC(=O)Oc1cccc(C(=O)Nc2cccc(NC(=O)/C=C/C(C)C)c2)c1. The Morgan fingerprint density at radius 2 is 1.63 bits per heavy atom. The van der Waals surface area contributed by atoms with E-state index >= 15 is 0 Å². The number of benzene rings is 2. The summed E-state index contributed by atoms with van der Waals surface area (Å²) in [6, 6.07) is 13.2. The summed E-state index contributed by atoms with van der Waals surface area (Å²) in [5, 5.41) is 5.50. The molecule has 2 amide bonds. The van der Waals surface area contributed by atoms with Gasteiger partial charge in [-0.25, -0.2) is 0 Å². The first-order valence-electron chi connectivity index (χ1n) is 8.52. The highest BCUT2D eigenvalue weighted by molar-refractivity contribution is 6.05. The first-order chi connectivity index (χ1) is 12.8. The fraction of sp³-hybridized carbons (Fsp3) is 0.190. The normalized spacial score (nSPS) is 10.7. The molecule has 0 aliphatic carbocycles. The van der Waals surface area contributed by atoms with Crippen LogP contribution in [0, 0.1) is 5.92 Å². The molecule has 0 spiro atoms. The molecule has 2 rings (SSSR count). The van der Waals surface area contributed by atoms with E-state index in [0.29, 0.717) is 22.7 Å². The van der Waals surface area contributed by atoms with Crippen LogP contribution in [-0.4, -0.2) is 17.8 Å². The number of anilines is 2. The zero-order chi connectivity index (χ0) is 19.8. The molecule has 0 unspecified atom stereocenters. The van der Waals surface area contributed by atoms with Crippen molar-refractivity contribution < 1.29 is 19.1 Å². The molecule has 0 fully saturated rings. The van der Waals surface area contributed by atoms with Gasteiger partial charge in [0, 0.05) is 23.9 Å². The van der Waals surface area contributed by atoms with Crippen molar-refractivity contribution in [1.82, 2.24) is 0 Å². The molecule has 27 heavy (non-hydrogen) atoms. The highest BCUT2D eigenvalue weighted by Crippen LogP contribution is 2.18. The Kier molecular flexibility index (Phi) is 6.88. The molecule has 6 heteroatoms. The van der Waals surface area contributed by atoms with Gasteiger partial charge in [-0.15, -0.1) is 0 Å². The fourth-order valence-electron chi connectivity index (χ4n) is 2.21. The second-order valence-electron chi connectivity index (χ2n) is 6.25. The number of amides is 2. The average molecular weight is 366 g/mol. The molecule has 2 N–H and O–H groups in total. The zero-order valence-electron chi connectivity index (χ0n) is 15.5. The van der Waals surface area contributed by atoms with E-state index in [1.807, 2.05) is 13.8 Å². The molecule has 0 heterocycles. The van der Waals surface area contributed by atoms with Gasteiger partial charge in [-0.1, -0.05) is 32.1 Å². The standard InChI is InChI=1S/C21H22N2O4/c1-14(2)10-11-20(25)22-17-7-5-8-18(13-17)23-21(26)16-6-4-9-19(12-16)27-15(3)24/h4-14H,1-3H3,(H,22,25)(H,23,26)/b11-10+. The maximum absolute atomic E-state index is 12.4. The summed E-state index contributed by atoms with van der Waals surface area (Å²) in [6.07, 6.45) is 3.29. The van der Waals surface area contributed by atoms with Crippen molar-refractivity contribution in [1.29, 1.82) is 0 Å². The predicted octanol–water partition coefficient (Wildman–Crippen LogP) is 4.01. The largest absolute Gasteiger partial charge is 0.427 e. The second-order valence-corrected chi connectivity index (χ2v) is 6.25. The maximum atomic E-state index is 12.4. The Balaban J connectivity index is 2.06. The van der Waals surface area contributed by atoms with Crippen molar-refractivity contribution in [2.24, 2.45) is 5.92 Å². The van der Waals surface area contributed by atoms with Gasteiger partial charge < -0.3 is 15.4 Å². The van der Waals surface area contributed by atoms with Gasteiger partial charge in [-0.3, -0.25) is 14.4 Å². The molecule has 0 bridgehead atoms. The fourth-order valence-corrected chi connectivity index (χ4v) is 2.21. The Morgan fingerprint density at radius 1 is 0.963 bits per heavy atom. The smallest absolute Gasteiger partial charge is 0.308 e. The van der Waals surface area contributed by atoms with Gasteiger partial charge in [-0.2, -0.15) is 0 Å². The number of nitrogens with one attached hydrogen (secondary N) is 2. The van der Waals surface area contributed by atoms with Gasteiger partial charge in [0.1, 0.15) is 5.75 Å². The van der Waals surface area contributed by atoms with Crippen molar-refractivity contribution in [2.45, 2.75) is 20.8 Å². The van der Waals surface area contributed by atoms with Crippen LogP contribution in [0.4, 0.5) is 11.4 Å². The number of hydrogen-bond acceptors (Lipinski definition) is 4. The predicted molar refractivity (Wildman–Crippen MR) is 105 cm³/mol. The number of esters is 1. The van der Waals surface area contributed by atoms with E-state index in [2.05, 4.69) is 10.6 Å². The van der Waals surface area contributed by atoms with Crippen LogP contribution in [0.25, 0.3) is 0 Å². The average Bonchev–Trinajstić information content (AvgIpc) is 2.60. The molecule has 2 aromatic carbocycles. The number of ether oxygens (including phenoxy) is 1. The molecule has 0 atom stereocenters. The molecule has 0 saturated heterocycles. The Bertz CT molecular complexity index is 872. The number of carbonyl (C=O) groups excluding carboxylic acids is 3. The Morgan fingerprint density at radius 3 is 2.30 bits per heavy atom. The van der Waals surface area contributed by atoms with E-state index < -0.39 is 5.97 Å². The molecule has 0 aliphatic heterocycles. The minimum Gasteiger partial charge on any atom is -0.427 e. The van der Waals surface area contributed by atoms with E-state index in [1.165, 1.54) is 19.1 Å². The third-order valence-electron chi connectivity index (χ3n) is 3.38. The highest BCUT2D eigenvalue weighted by Gasteiger charge is 2.09. The number of allylic oxidation sites excluding steroid dienone is 1. The third kappa shape index (κ3) is 6.78. The van der Waals surface area contributed by atoms with Crippen LogP contribution in [0.2, 0.25) is 0 Å². The first kappa shape index (κ1) is 19.9. The molecule has 0 aromatic heterocycles. The van der Waals surface area contributed by atoms with Crippen molar-refractivity contribution in [2.75, 3.05) is 10.6 Å². The van der Waals surface area contributed by atoms with Crippen molar-refractivity contribution >= 4 is 29.2 Å². The van der Waals surface area contributed by atoms with Crippen molar-refractivity contribution in [3.8, 4) is 5.75 Å². The summed E-state index contributed by atoms with van der Waals surface area (Å²) in [5.74, 6) is -0.465. The van der Waals surface area contributed by atoms with Crippen LogP contribution >= 0.6 is 0 Å². The molecule has 2 aromatic rings. The second kappa shape index (κ2) is 9.33. The Hall–Kier alpha value is -3.41. The lowest BCUT2D eigenvalue weighted by atomic mass is 10.2. The molecule has 140 valence electrons. The van der Waals surface area contributed by atoms with Crippen LogP contribution in [0.1, 0.15) is 31.1 Å². The number of hydrogen-bond donors (Lipinski definition) is 2. The van der Waals surface area contributed by atoms with E-state index in [9.17, 15) is 14.4 Å². The number of carbonyl (C=O) groups is 3. The Labute approximate surface area is 158 Å². The van der Waals surface area contributed by atoms with Gasteiger partial charge in [0.2, 0.25) is 5.91 Å². The summed E-state index contributed by atoms with van der Waals surface area (Å²) in [6.45, 7) is 5.26. The first-order valence-corrected chi connectivity index (χ1v) is 8.52. The number of rotatable bonds is 6. The lowest BCUT2D eigenvalue weighted by Crippen LogP contribution is -2.13. The quantitative estimate of drug-likeness (QED) is 0.459. The van der Waals surface area contributed by atoms with Gasteiger partial charge in [-0.05, 0) is 48.4 Å². The van der Waals surface area contributed by atoms with Crippen LogP contribution in [0.5, 0.6) is 5.75 Å². The van der Waals surface area contributed by atoms with Crippen LogP contribution < -0.4 is 15.4 Å². The van der Waals surface area contributed by atoms with Gasteiger partial charge >= 0.3 is 5.97 Å². The van der Waals surface area contributed by atoms with E-state index in [-0.39, 0.29) is 17.7 Å². The highest BCUT2D eigenvalue weighted by atomic mass is 16.5. The molecular formula is C21H22N2O4. The summed E-state index contributed by atoms with van der Waals surface area (Å²) in [5.41, 5.74) is 1.45.